The van der Waals surface area contributed by atoms with Crippen molar-refractivity contribution in [1.29, 1.82) is 0 Å². The van der Waals surface area contributed by atoms with Gasteiger partial charge in [0.25, 0.3) is 0 Å². The molecule has 0 aliphatic carbocycles. The molecule has 0 radical (unpaired) electrons. The first-order chi connectivity index (χ1) is 9.82. The highest BCUT2D eigenvalue weighted by molar-refractivity contribution is 7.89. The maximum absolute atomic E-state index is 12.2. The molecule has 0 saturated heterocycles. The summed E-state index contributed by atoms with van der Waals surface area (Å²) in [6.45, 7) is 4.21. The van der Waals surface area contributed by atoms with Crippen molar-refractivity contribution in [3.8, 4) is 0 Å². The number of aliphatic hydroxyl groups excluding tert-OH is 1. The Labute approximate surface area is 128 Å². The van der Waals surface area contributed by atoms with E-state index in [9.17, 15) is 8.42 Å². The van der Waals surface area contributed by atoms with Crippen molar-refractivity contribution in [3.63, 3.8) is 0 Å². The highest BCUT2D eigenvalue weighted by atomic mass is 32.2. The normalized spacial score (nSPS) is 15.1. The Morgan fingerprint density at radius 3 is 2.52 bits per heavy atom. The number of hydrogen-bond acceptors (Lipinski definition) is 4. The first-order valence-electron chi connectivity index (χ1n) is 7.22. The third-order valence-corrected chi connectivity index (χ3v) is 5.40. The highest BCUT2D eigenvalue weighted by Crippen LogP contribution is 2.20. The SMILES string of the molecule is CCC(CCO)NC(C)c1cccc(S(=O)(=O)N(C)C)c1. The maximum atomic E-state index is 12.2. The fourth-order valence-corrected chi connectivity index (χ4v) is 3.12. The van der Waals surface area contributed by atoms with E-state index in [4.69, 9.17) is 5.11 Å². The summed E-state index contributed by atoms with van der Waals surface area (Å²) in [7, 11) is -0.360. The van der Waals surface area contributed by atoms with Crippen LogP contribution in [0.15, 0.2) is 29.2 Å². The van der Waals surface area contributed by atoms with Gasteiger partial charge < -0.3 is 10.4 Å². The summed E-state index contributed by atoms with van der Waals surface area (Å²) in [5.74, 6) is 0. The van der Waals surface area contributed by atoms with Crippen LogP contribution in [0.5, 0.6) is 0 Å². The molecule has 1 rings (SSSR count). The van der Waals surface area contributed by atoms with Gasteiger partial charge in [-0.3, -0.25) is 0 Å². The van der Waals surface area contributed by atoms with Crippen LogP contribution in [0.1, 0.15) is 38.3 Å². The smallest absolute Gasteiger partial charge is 0.242 e. The molecule has 0 amide bonds. The summed E-state index contributed by atoms with van der Waals surface area (Å²) in [5, 5.41) is 12.5. The molecule has 2 N–H and O–H groups in total. The van der Waals surface area contributed by atoms with E-state index < -0.39 is 10.0 Å². The van der Waals surface area contributed by atoms with Crippen LogP contribution in [0.25, 0.3) is 0 Å². The predicted molar refractivity (Wildman–Crippen MR) is 84.6 cm³/mol. The molecular weight excluding hydrogens is 288 g/mol. The Hall–Kier alpha value is -0.950. The number of nitrogens with one attached hydrogen (secondary N) is 1. The largest absolute Gasteiger partial charge is 0.396 e. The third-order valence-electron chi connectivity index (χ3n) is 3.59. The molecule has 0 aromatic heterocycles. The molecule has 0 saturated carbocycles. The second kappa shape index (κ2) is 7.89. The van der Waals surface area contributed by atoms with E-state index in [1.807, 2.05) is 13.0 Å². The van der Waals surface area contributed by atoms with Crippen molar-refractivity contribution in [2.75, 3.05) is 20.7 Å². The number of sulfonamides is 1. The van der Waals surface area contributed by atoms with E-state index in [0.717, 1.165) is 12.0 Å². The number of nitrogens with zero attached hydrogens (tertiary/aromatic N) is 1. The van der Waals surface area contributed by atoms with Gasteiger partial charge in [-0.15, -0.1) is 0 Å². The second-order valence-electron chi connectivity index (χ2n) is 5.37. The summed E-state index contributed by atoms with van der Waals surface area (Å²) in [6.07, 6.45) is 1.61. The molecule has 0 fully saturated rings. The van der Waals surface area contributed by atoms with Crippen LogP contribution in [0.4, 0.5) is 0 Å². The van der Waals surface area contributed by atoms with Crippen LogP contribution in [-0.4, -0.2) is 44.6 Å². The monoisotopic (exact) mass is 314 g/mol. The molecule has 2 unspecified atom stereocenters. The molecule has 1 aromatic carbocycles. The zero-order valence-corrected chi connectivity index (χ0v) is 14.0. The van der Waals surface area contributed by atoms with Gasteiger partial charge in [-0.05, 0) is 37.5 Å². The van der Waals surface area contributed by atoms with Crippen molar-refractivity contribution in [1.82, 2.24) is 9.62 Å². The van der Waals surface area contributed by atoms with E-state index >= 15 is 0 Å². The molecule has 5 nitrogen and oxygen atoms in total. The lowest BCUT2D eigenvalue weighted by molar-refractivity contribution is 0.257. The summed E-state index contributed by atoms with van der Waals surface area (Å²) in [6, 6.07) is 7.24. The van der Waals surface area contributed by atoms with Crippen LogP contribution in [0.3, 0.4) is 0 Å². The van der Waals surface area contributed by atoms with E-state index in [1.165, 1.54) is 18.4 Å². The van der Waals surface area contributed by atoms with Gasteiger partial charge in [-0.25, -0.2) is 12.7 Å². The number of rotatable bonds is 8. The lowest BCUT2D eigenvalue weighted by Crippen LogP contribution is -2.32. The molecule has 6 heteroatoms. The van der Waals surface area contributed by atoms with Crippen LogP contribution in [0, 0.1) is 0 Å². The van der Waals surface area contributed by atoms with E-state index in [-0.39, 0.29) is 18.7 Å². The molecule has 0 bridgehead atoms. The van der Waals surface area contributed by atoms with E-state index in [1.54, 1.807) is 18.2 Å². The van der Waals surface area contributed by atoms with Crippen LogP contribution >= 0.6 is 0 Å². The maximum Gasteiger partial charge on any atom is 0.242 e. The molecule has 0 aliphatic heterocycles. The topological polar surface area (TPSA) is 69.6 Å². The average molecular weight is 314 g/mol. The van der Waals surface area contributed by atoms with Gasteiger partial charge in [0.05, 0.1) is 4.90 Å². The summed E-state index contributed by atoms with van der Waals surface area (Å²) in [4.78, 5) is 0.300. The Morgan fingerprint density at radius 1 is 1.33 bits per heavy atom. The molecule has 0 heterocycles. The minimum Gasteiger partial charge on any atom is -0.396 e. The van der Waals surface area contributed by atoms with Gasteiger partial charge in [0.15, 0.2) is 0 Å². The summed E-state index contributed by atoms with van der Waals surface area (Å²) >= 11 is 0. The molecule has 0 aliphatic rings. The van der Waals surface area contributed by atoms with Crippen LogP contribution < -0.4 is 5.32 Å². The first kappa shape index (κ1) is 18.1. The molecule has 21 heavy (non-hydrogen) atoms. The average Bonchev–Trinajstić information content (AvgIpc) is 2.46. The minimum atomic E-state index is -3.41. The van der Waals surface area contributed by atoms with Crippen molar-refractivity contribution in [2.24, 2.45) is 0 Å². The molecule has 120 valence electrons. The molecule has 0 spiro atoms. The number of aliphatic hydroxyl groups is 1. The quantitative estimate of drug-likeness (QED) is 0.767. The van der Waals surface area contributed by atoms with Gasteiger partial charge in [-0.1, -0.05) is 19.1 Å². The summed E-state index contributed by atoms with van der Waals surface area (Å²) in [5.41, 5.74) is 0.925. The number of benzene rings is 1. The first-order valence-corrected chi connectivity index (χ1v) is 8.66. The van der Waals surface area contributed by atoms with Crippen molar-refractivity contribution in [3.05, 3.63) is 29.8 Å². The Kier molecular flexibility index (Phi) is 6.80. The predicted octanol–water partition coefficient (Wildman–Crippen LogP) is 1.75. The zero-order chi connectivity index (χ0) is 16.0. The summed E-state index contributed by atoms with van der Waals surface area (Å²) < 4.78 is 25.5. The minimum absolute atomic E-state index is 0.0267. The molecule has 1 aromatic rings. The lowest BCUT2D eigenvalue weighted by Gasteiger charge is -2.22. The Balaban J connectivity index is 2.94. The van der Waals surface area contributed by atoms with Crippen LogP contribution in [-0.2, 0) is 10.0 Å². The molecule has 2 atom stereocenters. The van der Waals surface area contributed by atoms with E-state index in [0.29, 0.717) is 11.3 Å². The number of hydrogen-bond donors (Lipinski definition) is 2. The highest BCUT2D eigenvalue weighted by Gasteiger charge is 2.19. The second-order valence-corrected chi connectivity index (χ2v) is 7.52. The van der Waals surface area contributed by atoms with Crippen molar-refractivity contribution >= 4 is 10.0 Å². The van der Waals surface area contributed by atoms with Gasteiger partial charge in [0.1, 0.15) is 0 Å². The lowest BCUT2D eigenvalue weighted by atomic mass is 10.1. The fraction of sp³-hybridized carbons (Fsp3) is 0.600. The van der Waals surface area contributed by atoms with Gasteiger partial charge >= 0.3 is 0 Å². The Bertz CT molecular complexity index is 544. The van der Waals surface area contributed by atoms with Gasteiger partial charge in [0, 0.05) is 32.8 Å². The Morgan fingerprint density at radius 2 is 2.00 bits per heavy atom. The van der Waals surface area contributed by atoms with Crippen molar-refractivity contribution < 1.29 is 13.5 Å². The van der Waals surface area contributed by atoms with Gasteiger partial charge in [-0.2, -0.15) is 0 Å². The van der Waals surface area contributed by atoms with Crippen LogP contribution in [0.2, 0.25) is 0 Å². The fourth-order valence-electron chi connectivity index (χ4n) is 2.17. The van der Waals surface area contributed by atoms with E-state index in [2.05, 4.69) is 12.2 Å². The van der Waals surface area contributed by atoms with Crippen molar-refractivity contribution in [2.45, 2.75) is 43.7 Å². The zero-order valence-electron chi connectivity index (χ0n) is 13.2. The third kappa shape index (κ3) is 4.78. The standard InChI is InChI=1S/C15H26N2O3S/c1-5-14(9-10-18)16-12(2)13-7-6-8-15(11-13)21(19,20)17(3)4/h6-8,11-12,14,16,18H,5,9-10H2,1-4H3. The molecular formula is C15H26N2O3S. The van der Waals surface area contributed by atoms with Gasteiger partial charge in [0.2, 0.25) is 10.0 Å².